The summed E-state index contributed by atoms with van der Waals surface area (Å²) in [5.74, 6) is -3.31. The maximum absolute atomic E-state index is 12.4. The van der Waals surface area contributed by atoms with Gasteiger partial charge < -0.3 is 31.9 Å². The molecule has 0 aliphatic rings. The van der Waals surface area contributed by atoms with Gasteiger partial charge in [-0.1, -0.05) is 13.8 Å². The first-order valence-corrected chi connectivity index (χ1v) is 9.22. The molecule has 27 heavy (non-hydrogen) atoms. The molecule has 0 saturated heterocycles. The maximum Gasteiger partial charge on any atom is 0.327 e. The van der Waals surface area contributed by atoms with Crippen molar-refractivity contribution in [2.75, 3.05) is 5.75 Å². The van der Waals surface area contributed by atoms with Crippen LogP contribution in [0.3, 0.4) is 0 Å². The van der Waals surface area contributed by atoms with E-state index >= 15 is 0 Å². The normalized spacial score (nSPS) is 16.6. The fourth-order valence-electron chi connectivity index (χ4n) is 2.05. The number of carboxylic acid groups (broad SMARTS) is 1. The number of carboxylic acids is 1. The van der Waals surface area contributed by atoms with Gasteiger partial charge in [-0.25, -0.2) is 4.79 Å². The highest BCUT2D eigenvalue weighted by Gasteiger charge is 2.29. The average Bonchev–Trinajstić information content (AvgIpc) is 2.56. The molecule has 156 valence electrons. The van der Waals surface area contributed by atoms with Gasteiger partial charge in [-0.05, 0) is 26.2 Å². The van der Waals surface area contributed by atoms with E-state index in [1.54, 1.807) is 0 Å². The van der Waals surface area contributed by atoms with E-state index in [-0.39, 0.29) is 18.1 Å². The molecule has 0 spiro atoms. The molecule has 0 aliphatic heterocycles. The molecular weight excluding hydrogens is 376 g/mol. The van der Waals surface area contributed by atoms with Crippen LogP contribution in [0.1, 0.15) is 34.1 Å². The van der Waals surface area contributed by atoms with Gasteiger partial charge >= 0.3 is 5.97 Å². The van der Waals surface area contributed by atoms with E-state index < -0.39 is 54.0 Å². The summed E-state index contributed by atoms with van der Waals surface area (Å²) in [7, 11) is 0. The van der Waals surface area contributed by atoms with Gasteiger partial charge in [0, 0.05) is 5.75 Å². The summed E-state index contributed by atoms with van der Waals surface area (Å²) in [6.45, 7) is 6.43. The summed E-state index contributed by atoms with van der Waals surface area (Å²) in [6.07, 6.45) is -0.821. The average molecular weight is 407 g/mol. The Morgan fingerprint density at radius 1 is 0.926 bits per heavy atom. The third kappa shape index (κ3) is 9.07. The molecular formula is C16H30N4O6S. The van der Waals surface area contributed by atoms with Crippen LogP contribution in [0.25, 0.3) is 0 Å². The van der Waals surface area contributed by atoms with Gasteiger partial charge in [-0.2, -0.15) is 12.6 Å². The third-order valence-corrected chi connectivity index (χ3v) is 4.08. The van der Waals surface area contributed by atoms with Crippen LogP contribution >= 0.6 is 12.6 Å². The number of thiol groups is 1. The maximum atomic E-state index is 12.4. The zero-order valence-electron chi connectivity index (χ0n) is 15.9. The van der Waals surface area contributed by atoms with Crippen molar-refractivity contribution in [1.29, 1.82) is 0 Å². The van der Waals surface area contributed by atoms with Crippen LogP contribution in [0.2, 0.25) is 0 Å². The smallest absolute Gasteiger partial charge is 0.327 e. The van der Waals surface area contributed by atoms with E-state index in [0.717, 1.165) is 0 Å². The zero-order valence-corrected chi connectivity index (χ0v) is 16.8. The Morgan fingerprint density at radius 2 is 1.44 bits per heavy atom. The first kappa shape index (κ1) is 25.1. The Kier molecular flexibility index (Phi) is 11.0. The monoisotopic (exact) mass is 406 g/mol. The van der Waals surface area contributed by atoms with Gasteiger partial charge in [0.15, 0.2) is 0 Å². The van der Waals surface area contributed by atoms with E-state index in [4.69, 9.17) is 10.8 Å². The minimum atomic E-state index is -1.24. The molecule has 3 amide bonds. The van der Waals surface area contributed by atoms with E-state index in [1.165, 1.54) is 13.8 Å². The molecule has 5 atom stereocenters. The van der Waals surface area contributed by atoms with Gasteiger partial charge in [-0.15, -0.1) is 0 Å². The number of aliphatic hydroxyl groups excluding tert-OH is 1. The highest BCUT2D eigenvalue weighted by atomic mass is 32.1. The first-order valence-electron chi connectivity index (χ1n) is 8.59. The molecule has 0 radical (unpaired) electrons. The summed E-state index contributed by atoms with van der Waals surface area (Å²) in [6, 6.07) is -4.37. The Morgan fingerprint density at radius 3 is 1.85 bits per heavy atom. The standard InChI is InChI=1S/C16H30N4O6S/c1-7(2)5-10(14(23)20-11(6-27)16(25)26)19-13(22)8(3)18-15(24)12(17)9(4)21/h7-12,21,27H,5-6,17H2,1-4H3,(H,18,24)(H,19,22)(H,20,23)(H,25,26). The van der Waals surface area contributed by atoms with Crippen LogP contribution in [0, 0.1) is 5.92 Å². The highest BCUT2D eigenvalue weighted by molar-refractivity contribution is 7.80. The Labute approximate surface area is 164 Å². The fourth-order valence-corrected chi connectivity index (χ4v) is 2.30. The minimum Gasteiger partial charge on any atom is -0.480 e. The molecule has 0 aromatic rings. The van der Waals surface area contributed by atoms with Crippen molar-refractivity contribution < 1.29 is 29.4 Å². The molecule has 0 aromatic carbocycles. The topological polar surface area (TPSA) is 171 Å². The molecule has 0 fully saturated rings. The van der Waals surface area contributed by atoms with Crippen LogP contribution in [0.15, 0.2) is 0 Å². The van der Waals surface area contributed by atoms with Crippen molar-refractivity contribution in [3.63, 3.8) is 0 Å². The summed E-state index contributed by atoms with van der Waals surface area (Å²) < 4.78 is 0. The predicted molar refractivity (Wildman–Crippen MR) is 102 cm³/mol. The molecule has 0 aromatic heterocycles. The summed E-state index contributed by atoms with van der Waals surface area (Å²) in [4.78, 5) is 47.6. The lowest BCUT2D eigenvalue weighted by Gasteiger charge is -2.24. The molecule has 0 saturated carbocycles. The van der Waals surface area contributed by atoms with Crippen molar-refractivity contribution in [1.82, 2.24) is 16.0 Å². The van der Waals surface area contributed by atoms with Crippen LogP contribution in [0.5, 0.6) is 0 Å². The Balaban J connectivity index is 5.01. The van der Waals surface area contributed by atoms with Crippen LogP contribution in [-0.4, -0.2) is 69.9 Å². The van der Waals surface area contributed by atoms with Crippen molar-refractivity contribution in [2.24, 2.45) is 11.7 Å². The van der Waals surface area contributed by atoms with Gasteiger partial charge in [0.05, 0.1) is 6.10 Å². The Hall–Kier alpha value is -1.85. The lowest BCUT2D eigenvalue weighted by Crippen LogP contribution is -2.57. The van der Waals surface area contributed by atoms with Crippen LogP contribution in [-0.2, 0) is 19.2 Å². The van der Waals surface area contributed by atoms with Crippen LogP contribution < -0.4 is 21.7 Å². The Bertz CT molecular complexity index is 543. The van der Waals surface area contributed by atoms with Crippen molar-refractivity contribution >= 4 is 36.3 Å². The van der Waals surface area contributed by atoms with Gasteiger partial charge in [0.2, 0.25) is 17.7 Å². The second-order valence-electron chi connectivity index (χ2n) is 6.77. The van der Waals surface area contributed by atoms with E-state index in [1.807, 2.05) is 13.8 Å². The largest absolute Gasteiger partial charge is 0.480 e. The summed E-state index contributed by atoms with van der Waals surface area (Å²) in [5, 5.41) is 25.5. The summed E-state index contributed by atoms with van der Waals surface area (Å²) >= 11 is 3.88. The SMILES string of the molecule is CC(C)CC(NC(=O)C(C)NC(=O)C(N)C(C)O)C(=O)NC(CS)C(=O)O. The molecule has 0 bridgehead atoms. The van der Waals surface area contributed by atoms with Crippen molar-refractivity contribution in [2.45, 2.75) is 64.4 Å². The number of hydrogen-bond donors (Lipinski definition) is 7. The second-order valence-corrected chi connectivity index (χ2v) is 7.13. The third-order valence-electron chi connectivity index (χ3n) is 3.71. The van der Waals surface area contributed by atoms with Crippen molar-refractivity contribution in [3.05, 3.63) is 0 Å². The number of nitrogens with two attached hydrogens (primary N) is 1. The number of hydrogen-bond acceptors (Lipinski definition) is 7. The lowest BCUT2D eigenvalue weighted by atomic mass is 10.0. The van der Waals surface area contributed by atoms with E-state index in [2.05, 4.69) is 28.6 Å². The molecule has 0 heterocycles. The number of carbonyl (C=O) groups excluding carboxylic acids is 3. The van der Waals surface area contributed by atoms with Crippen molar-refractivity contribution in [3.8, 4) is 0 Å². The number of aliphatic hydroxyl groups is 1. The summed E-state index contributed by atoms with van der Waals surface area (Å²) in [5.41, 5.74) is 5.50. The number of aliphatic carboxylic acids is 1. The van der Waals surface area contributed by atoms with Crippen LogP contribution in [0.4, 0.5) is 0 Å². The highest BCUT2D eigenvalue weighted by Crippen LogP contribution is 2.06. The molecule has 5 unspecified atom stereocenters. The first-order chi connectivity index (χ1) is 12.4. The second kappa shape index (κ2) is 11.8. The minimum absolute atomic E-state index is 0.0360. The number of carbonyl (C=O) groups is 4. The lowest BCUT2D eigenvalue weighted by molar-refractivity contribution is -0.141. The van der Waals surface area contributed by atoms with Gasteiger partial charge in [0.1, 0.15) is 24.2 Å². The molecule has 11 heteroatoms. The molecule has 7 N–H and O–H groups in total. The number of rotatable bonds is 11. The molecule has 10 nitrogen and oxygen atoms in total. The fraction of sp³-hybridized carbons (Fsp3) is 0.750. The van der Waals surface area contributed by atoms with E-state index in [9.17, 15) is 24.3 Å². The molecule has 0 aliphatic carbocycles. The van der Waals surface area contributed by atoms with E-state index in [0.29, 0.717) is 0 Å². The number of nitrogens with one attached hydrogen (secondary N) is 3. The molecule has 0 rings (SSSR count). The predicted octanol–water partition coefficient (Wildman–Crippen LogP) is -1.77. The van der Waals surface area contributed by atoms with Gasteiger partial charge in [-0.3, -0.25) is 14.4 Å². The number of amides is 3. The van der Waals surface area contributed by atoms with Gasteiger partial charge in [0.25, 0.3) is 0 Å². The quantitative estimate of drug-likeness (QED) is 0.199. The zero-order chi connectivity index (χ0) is 21.3.